The van der Waals surface area contributed by atoms with Crippen LogP contribution in [0.3, 0.4) is 0 Å². The van der Waals surface area contributed by atoms with Gasteiger partial charge in [0, 0.05) is 6.04 Å². The van der Waals surface area contributed by atoms with Crippen LogP contribution in [0, 0.1) is 0 Å². The first-order chi connectivity index (χ1) is 8.27. The van der Waals surface area contributed by atoms with Crippen molar-refractivity contribution < 1.29 is 0 Å². The minimum absolute atomic E-state index is 0.606. The Hall–Kier alpha value is -0.160. The Balaban J connectivity index is 2.89. The predicted molar refractivity (Wildman–Crippen MR) is 76.4 cm³/mol. The Morgan fingerprint density at radius 1 is 0.765 bits per heavy atom. The van der Waals surface area contributed by atoms with Crippen molar-refractivity contribution in [3.63, 3.8) is 0 Å². The zero-order valence-corrected chi connectivity index (χ0v) is 11.7. The number of unbranched alkanes of at least 4 members (excludes halogenated alkanes) is 1. The van der Waals surface area contributed by atoms with Crippen molar-refractivity contribution in [2.75, 3.05) is 39.3 Å². The molecule has 0 heterocycles. The van der Waals surface area contributed by atoms with Gasteiger partial charge in [0.05, 0.1) is 0 Å². The number of nitrogens with one attached hydrogen (secondary N) is 3. The number of hydrogen-bond acceptors (Lipinski definition) is 4. The molecule has 0 spiro atoms. The summed E-state index contributed by atoms with van der Waals surface area (Å²) in [5.74, 6) is 0. The molecule has 0 atom stereocenters. The summed E-state index contributed by atoms with van der Waals surface area (Å²) in [7, 11) is 0. The molecule has 0 aromatic carbocycles. The lowest BCUT2D eigenvalue weighted by molar-refractivity contribution is 0.533. The van der Waals surface area contributed by atoms with Gasteiger partial charge in [-0.1, -0.05) is 13.8 Å². The van der Waals surface area contributed by atoms with Crippen LogP contribution in [0.4, 0.5) is 0 Å². The lowest BCUT2D eigenvalue weighted by Gasteiger charge is -2.08. The van der Waals surface area contributed by atoms with Gasteiger partial charge >= 0.3 is 0 Å². The molecule has 0 aliphatic heterocycles. The van der Waals surface area contributed by atoms with E-state index in [9.17, 15) is 0 Å². The topological polar surface area (TPSA) is 62.1 Å². The fourth-order valence-corrected chi connectivity index (χ4v) is 1.58. The predicted octanol–water partition coefficient (Wildman–Crippen LogP) is 0.683. The molecule has 0 aromatic heterocycles. The fraction of sp³-hybridized carbons (Fsp3) is 1.00. The van der Waals surface area contributed by atoms with E-state index in [1.807, 2.05) is 0 Å². The summed E-state index contributed by atoms with van der Waals surface area (Å²) in [6, 6.07) is 0.606. The standard InChI is InChI=1S/C13H32N4/c1-13(2)17-12-6-11-16-9-4-3-8-15-10-5-7-14/h13,15-17H,3-12,14H2,1-2H3. The molecule has 0 aliphatic rings. The summed E-state index contributed by atoms with van der Waals surface area (Å²) >= 11 is 0. The molecular formula is C13H32N4. The molecule has 0 radical (unpaired) electrons. The van der Waals surface area contributed by atoms with Crippen molar-refractivity contribution in [2.24, 2.45) is 5.73 Å². The van der Waals surface area contributed by atoms with Crippen LogP contribution in [0.25, 0.3) is 0 Å². The molecule has 0 aliphatic carbocycles. The average Bonchev–Trinajstić information content (AvgIpc) is 2.30. The van der Waals surface area contributed by atoms with Gasteiger partial charge in [-0.25, -0.2) is 0 Å². The van der Waals surface area contributed by atoms with E-state index >= 15 is 0 Å². The van der Waals surface area contributed by atoms with E-state index in [-0.39, 0.29) is 0 Å². The molecule has 0 bridgehead atoms. The van der Waals surface area contributed by atoms with E-state index in [0.29, 0.717) is 6.04 Å². The highest BCUT2D eigenvalue weighted by atomic mass is 14.9. The Bertz CT molecular complexity index is 139. The van der Waals surface area contributed by atoms with Crippen molar-refractivity contribution in [1.29, 1.82) is 0 Å². The molecule has 0 rings (SSSR count). The summed E-state index contributed by atoms with van der Waals surface area (Å²) < 4.78 is 0. The van der Waals surface area contributed by atoms with Crippen LogP contribution in [0.15, 0.2) is 0 Å². The largest absolute Gasteiger partial charge is 0.330 e. The van der Waals surface area contributed by atoms with Crippen molar-refractivity contribution in [3.05, 3.63) is 0 Å². The normalized spacial score (nSPS) is 11.3. The van der Waals surface area contributed by atoms with Gasteiger partial charge in [-0.2, -0.15) is 0 Å². The Morgan fingerprint density at radius 3 is 1.82 bits per heavy atom. The molecule has 17 heavy (non-hydrogen) atoms. The molecule has 0 saturated heterocycles. The minimum atomic E-state index is 0.606. The molecule has 5 N–H and O–H groups in total. The van der Waals surface area contributed by atoms with E-state index < -0.39 is 0 Å². The van der Waals surface area contributed by atoms with Gasteiger partial charge in [0.15, 0.2) is 0 Å². The second-order valence-corrected chi connectivity index (χ2v) is 4.81. The first-order valence-electron chi connectivity index (χ1n) is 7.12. The van der Waals surface area contributed by atoms with Crippen LogP contribution in [-0.4, -0.2) is 45.3 Å². The lowest BCUT2D eigenvalue weighted by atomic mass is 10.3. The monoisotopic (exact) mass is 244 g/mol. The Morgan fingerprint density at radius 2 is 1.29 bits per heavy atom. The van der Waals surface area contributed by atoms with Crippen LogP contribution in [0.2, 0.25) is 0 Å². The molecule has 0 amide bonds. The zero-order chi connectivity index (χ0) is 12.8. The van der Waals surface area contributed by atoms with Crippen molar-refractivity contribution in [1.82, 2.24) is 16.0 Å². The van der Waals surface area contributed by atoms with Crippen molar-refractivity contribution in [2.45, 2.75) is 45.6 Å². The van der Waals surface area contributed by atoms with Crippen LogP contribution in [0.1, 0.15) is 39.5 Å². The molecule has 4 nitrogen and oxygen atoms in total. The highest BCUT2D eigenvalue weighted by molar-refractivity contribution is 4.56. The van der Waals surface area contributed by atoms with E-state index in [0.717, 1.165) is 45.7 Å². The van der Waals surface area contributed by atoms with Gasteiger partial charge in [0.1, 0.15) is 0 Å². The van der Waals surface area contributed by atoms with E-state index in [2.05, 4.69) is 29.8 Å². The third-order valence-corrected chi connectivity index (χ3v) is 2.60. The maximum absolute atomic E-state index is 5.41. The summed E-state index contributed by atoms with van der Waals surface area (Å²) in [5.41, 5.74) is 5.41. The molecule has 0 saturated carbocycles. The fourth-order valence-electron chi connectivity index (χ4n) is 1.58. The number of nitrogens with two attached hydrogens (primary N) is 1. The van der Waals surface area contributed by atoms with Crippen LogP contribution in [-0.2, 0) is 0 Å². The summed E-state index contributed by atoms with van der Waals surface area (Å²) in [6.07, 6.45) is 4.81. The van der Waals surface area contributed by atoms with Crippen LogP contribution < -0.4 is 21.7 Å². The van der Waals surface area contributed by atoms with Crippen molar-refractivity contribution >= 4 is 0 Å². The van der Waals surface area contributed by atoms with Gasteiger partial charge in [0.25, 0.3) is 0 Å². The third-order valence-electron chi connectivity index (χ3n) is 2.60. The highest BCUT2D eigenvalue weighted by Crippen LogP contribution is 1.85. The van der Waals surface area contributed by atoms with Crippen LogP contribution >= 0.6 is 0 Å². The smallest absolute Gasteiger partial charge is 0.00103 e. The highest BCUT2D eigenvalue weighted by Gasteiger charge is 1.92. The molecule has 0 fully saturated rings. The average molecular weight is 244 g/mol. The van der Waals surface area contributed by atoms with Crippen LogP contribution in [0.5, 0.6) is 0 Å². The van der Waals surface area contributed by atoms with E-state index in [4.69, 9.17) is 5.73 Å². The third kappa shape index (κ3) is 15.8. The SMILES string of the molecule is CC(C)NCCCNCCCCNCCCN. The van der Waals surface area contributed by atoms with E-state index in [1.165, 1.54) is 19.3 Å². The molecule has 4 heteroatoms. The van der Waals surface area contributed by atoms with Gasteiger partial charge < -0.3 is 21.7 Å². The first-order valence-corrected chi connectivity index (χ1v) is 7.12. The van der Waals surface area contributed by atoms with Gasteiger partial charge in [-0.3, -0.25) is 0 Å². The Labute approximate surface area is 107 Å². The lowest BCUT2D eigenvalue weighted by Crippen LogP contribution is -2.27. The zero-order valence-electron chi connectivity index (χ0n) is 11.7. The maximum Gasteiger partial charge on any atom is 0.00103 e. The second-order valence-electron chi connectivity index (χ2n) is 4.81. The minimum Gasteiger partial charge on any atom is -0.330 e. The maximum atomic E-state index is 5.41. The van der Waals surface area contributed by atoms with Gasteiger partial charge in [0.2, 0.25) is 0 Å². The quantitative estimate of drug-likeness (QED) is 0.360. The second kappa shape index (κ2) is 13.9. The summed E-state index contributed by atoms with van der Waals surface area (Å²) in [6.45, 7) is 10.7. The summed E-state index contributed by atoms with van der Waals surface area (Å²) in [5, 5.41) is 10.3. The van der Waals surface area contributed by atoms with E-state index in [1.54, 1.807) is 0 Å². The van der Waals surface area contributed by atoms with Gasteiger partial charge in [-0.05, 0) is 65.0 Å². The number of rotatable bonds is 13. The Kier molecular flexibility index (Phi) is 13.8. The van der Waals surface area contributed by atoms with Gasteiger partial charge in [-0.15, -0.1) is 0 Å². The summed E-state index contributed by atoms with van der Waals surface area (Å²) in [4.78, 5) is 0. The molecule has 0 aromatic rings. The molecular weight excluding hydrogens is 212 g/mol. The number of hydrogen-bond donors (Lipinski definition) is 4. The molecule has 104 valence electrons. The van der Waals surface area contributed by atoms with Crippen molar-refractivity contribution in [3.8, 4) is 0 Å². The molecule has 0 unspecified atom stereocenters. The first kappa shape index (κ1) is 16.8.